The molecule has 2 aromatic carbocycles. The van der Waals surface area contributed by atoms with Crippen molar-refractivity contribution in [2.45, 2.75) is 16.2 Å². The Morgan fingerprint density at radius 2 is 1.78 bits per heavy atom. The van der Waals surface area contributed by atoms with E-state index in [-0.39, 0.29) is 27.1 Å². The van der Waals surface area contributed by atoms with Crippen LogP contribution < -0.4 is 9.04 Å². The molecule has 0 fully saturated rings. The first-order valence-corrected chi connectivity index (χ1v) is 11.3. The fraction of sp³-hybridized carbons (Fsp3) is 0.294. The second-order valence-electron chi connectivity index (χ2n) is 6.20. The Bertz CT molecular complexity index is 1100. The molecule has 0 aromatic heterocycles. The molecule has 0 unspecified atom stereocenters. The van der Waals surface area contributed by atoms with Crippen molar-refractivity contribution in [2.75, 3.05) is 32.1 Å². The standard InChI is InChI=1S/C17H19ClN2O5S2/c1-19(2)26(21,22)14-5-6-15-12(10-14)8-9-20(15)27(23,24)17-11-13(18)4-7-16(17)25-3/h4-7,10-11H,8-9H2,1-3H3. The number of nitrogens with zero attached hydrogens (tertiary/aromatic N) is 2. The molecule has 0 spiro atoms. The number of anilines is 1. The lowest BCUT2D eigenvalue weighted by atomic mass is 10.2. The molecule has 0 saturated carbocycles. The highest BCUT2D eigenvalue weighted by Crippen LogP contribution is 2.37. The predicted octanol–water partition coefficient (Wildman–Crippen LogP) is 2.35. The Kier molecular flexibility index (Phi) is 5.15. The fourth-order valence-electron chi connectivity index (χ4n) is 2.94. The van der Waals surface area contributed by atoms with Crippen LogP contribution in [0.2, 0.25) is 5.02 Å². The topological polar surface area (TPSA) is 84.0 Å². The quantitative estimate of drug-likeness (QED) is 0.727. The van der Waals surface area contributed by atoms with Gasteiger partial charge in [0.2, 0.25) is 10.0 Å². The van der Waals surface area contributed by atoms with E-state index < -0.39 is 20.0 Å². The normalized spacial score (nSPS) is 14.5. The zero-order valence-electron chi connectivity index (χ0n) is 15.0. The maximum Gasteiger partial charge on any atom is 0.268 e. The first-order valence-electron chi connectivity index (χ1n) is 8.01. The van der Waals surface area contributed by atoms with Gasteiger partial charge in [0.1, 0.15) is 10.6 Å². The Morgan fingerprint density at radius 1 is 1.07 bits per heavy atom. The van der Waals surface area contributed by atoms with E-state index in [1.807, 2.05) is 0 Å². The first kappa shape index (κ1) is 19.9. The summed E-state index contributed by atoms with van der Waals surface area (Å²) in [6.07, 6.45) is 0.411. The molecular formula is C17H19ClN2O5S2. The Morgan fingerprint density at radius 3 is 2.41 bits per heavy atom. The molecule has 1 aliphatic heterocycles. The minimum atomic E-state index is -3.92. The summed E-state index contributed by atoms with van der Waals surface area (Å²) < 4.78 is 58.5. The van der Waals surface area contributed by atoms with Gasteiger partial charge in [-0.05, 0) is 48.4 Å². The van der Waals surface area contributed by atoms with Crippen LogP contribution in [0.4, 0.5) is 5.69 Å². The third kappa shape index (κ3) is 3.40. The number of methoxy groups -OCH3 is 1. The SMILES string of the molecule is COc1ccc(Cl)cc1S(=O)(=O)N1CCc2cc(S(=O)(=O)N(C)C)ccc21. The predicted molar refractivity (Wildman–Crippen MR) is 104 cm³/mol. The molecule has 0 amide bonds. The minimum Gasteiger partial charge on any atom is -0.495 e. The van der Waals surface area contributed by atoms with Gasteiger partial charge in [0, 0.05) is 25.7 Å². The van der Waals surface area contributed by atoms with Crippen LogP contribution in [0.15, 0.2) is 46.2 Å². The van der Waals surface area contributed by atoms with Gasteiger partial charge in [0.15, 0.2) is 0 Å². The summed E-state index contributed by atoms with van der Waals surface area (Å²) in [5, 5.41) is 0.279. The molecule has 0 saturated heterocycles. The van der Waals surface area contributed by atoms with Crippen LogP contribution in [-0.2, 0) is 26.5 Å². The highest BCUT2D eigenvalue weighted by Gasteiger charge is 2.34. The van der Waals surface area contributed by atoms with Crippen LogP contribution in [0.5, 0.6) is 5.75 Å². The Labute approximate surface area is 164 Å². The molecule has 1 aliphatic rings. The number of benzene rings is 2. The van der Waals surface area contributed by atoms with Gasteiger partial charge < -0.3 is 4.74 Å². The van der Waals surface area contributed by atoms with E-state index in [2.05, 4.69) is 0 Å². The van der Waals surface area contributed by atoms with E-state index in [1.54, 1.807) is 6.07 Å². The molecule has 0 bridgehead atoms. The van der Waals surface area contributed by atoms with Crippen molar-refractivity contribution >= 4 is 37.3 Å². The molecule has 0 N–H and O–H groups in total. The van der Waals surface area contributed by atoms with Gasteiger partial charge in [0.25, 0.3) is 10.0 Å². The molecule has 27 heavy (non-hydrogen) atoms. The number of sulfonamides is 2. The molecule has 1 heterocycles. The largest absolute Gasteiger partial charge is 0.495 e. The maximum atomic E-state index is 13.2. The van der Waals surface area contributed by atoms with Crippen LogP contribution in [0.25, 0.3) is 0 Å². The first-order chi connectivity index (χ1) is 12.6. The van der Waals surface area contributed by atoms with Crippen molar-refractivity contribution in [1.29, 1.82) is 0 Å². The number of hydrogen-bond donors (Lipinski definition) is 0. The van der Waals surface area contributed by atoms with Gasteiger partial charge in [-0.3, -0.25) is 4.31 Å². The average molecular weight is 431 g/mol. The second-order valence-corrected chi connectivity index (χ2v) is 10.6. The third-order valence-electron chi connectivity index (χ3n) is 4.38. The molecule has 0 atom stereocenters. The van der Waals surface area contributed by atoms with E-state index in [4.69, 9.17) is 16.3 Å². The summed E-state index contributed by atoms with van der Waals surface area (Å²) in [4.78, 5) is 0.0983. The van der Waals surface area contributed by atoms with Crippen molar-refractivity contribution < 1.29 is 21.6 Å². The summed E-state index contributed by atoms with van der Waals surface area (Å²) in [6, 6.07) is 8.85. The number of rotatable bonds is 5. The second kappa shape index (κ2) is 6.97. The van der Waals surface area contributed by atoms with Crippen LogP contribution in [0.3, 0.4) is 0 Å². The molecular weight excluding hydrogens is 412 g/mol. The van der Waals surface area contributed by atoms with E-state index in [0.717, 1.165) is 4.31 Å². The smallest absolute Gasteiger partial charge is 0.268 e. The summed E-state index contributed by atoms with van der Waals surface area (Å²) in [5.41, 5.74) is 1.11. The van der Waals surface area contributed by atoms with Crippen molar-refractivity contribution in [3.8, 4) is 5.75 Å². The zero-order chi connectivity index (χ0) is 20.0. The van der Waals surface area contributed by atoms with E-state index in [9.17, 15) is 16.8 Å². The van der Waals surface area contributed by atoms with Crippen LogP contribution in [0.1, 0.15) is 5.56 Å². The van der Waals surface area contributed by atoms with Gasteiger partial charge in [-0.2, -0.15) is 0 Å². The fourth-order valence-corrected chi connectivity index (χ4v) is 5.82. The highest BCUT2D eigenvalue weighted by atomic mass is 35.5. The number of fused-ring (bicyclic) bond motifs is 1. The Balaban J connectivity index is 2.07. The average Bonchev–Trinajstić information content (AvgIpc) is 3.05. The van der Waals surface area contributed by atoms with Crippen molar-refractivity contribution in [1.82, 2.24) is 4.31 Å². The van der Waals surface area contributed by atoms with Crippen LogP contribution in [0, 0.1) is 0 Å². The molecule has 2 aromatic rings. The maximum absolute atomic E-state index is 13.2. The zero-order valence-corrected chi connectivity index (χ0v) is 17.4. The van der Waals surface area contributed by atoms with Gasteiger partial charge in [-0.1, -0.05) is 11.6 Å². The van der Waals surface area contributed by atoms with E-state index >= 15 is 0 Å². The lowest BCUT2D eigenvalue weighted by molar-refractivity contribution is 0.402. The molecule has 10 heteroatoms. The molecule has 146 valence electrons. The highest BCUT2D eigenvalue weighted by molar-refractivity contribution is 7.93. The lowest BCUT2D eigenvalue weighted by Crippen LogP contribution is -2.29. The summed E-state index contributed by atoms with van der Waals surface area (Å²) in [5.74, 6) is 0.194. The Hall–Kier alpha value is -1.81. The van der Waals surface area contributed by atoms with Gasteiger partial charge >= 0.3 is 0 Å². The van der Waals surface area contributed by atoms with Crippen molar-refractivity contribution in [2.24, 2.45) is 0 Å². The van der Waals surface area contributed by atoms with Crippen molar-refractivity contribution in [3.63, 3.8) is 0 Å². The van der Waals surface area contributed by atoms with Crippen LogP contribution >= 0.6 is 11.6 Å². The molecule has 3 rings (SSSR count). The van der Waals surface area contributed by atoms with Gasteiger partial charge in [-0.15, -0.1) is 0 Å². The third-order valence-corrected chi connectivity index (χ3v) is 8.26. The minimum absolute atomic E-state index is 0.0321. The van der Waals surface area contributed by atoms with Gasteiger partial charge in [0.05, 0.1) is 17.7 Å². The van der Waals surface area contributed by atoms with Gasteiger partial charge in [-0.25, -0.2) is 21.1 Å². The van der Waals surface area contributed by atoms with Crippen LogP contribution in [-0.4, -0.2) is 48.9 Å². The number of halogens is 1. The summed E-state index contributed by atoms with van der Waals surface area (Å²) in [7, 11) is -3.22. The van der Waals surface area contributed by atoms with E-state index in [0.29, 0.717) is 17.7 Å². The summed E-state index contributed by atoms with van der Waals surface area (Å²) >= 11 is 5.98. The van der Waals surface area contributed by atoms with E-state index in [1.165, 1.54) is 55.8 Å². The van der Waals surface area contributed by atoms with Crippen molar-refractivity contribution in [3.05, 3.63) is 47.0 Å². The number of ether oxygens (including phenoxy) is 1. The monoisotopic (exact) mass is 430 g/mol. The summed E-state index contributed by atoms with van der Waals surface area (Å²) in [6.45, 7) is 0.207. The lowest BCUT2D eigenvalue weighted by Gasteiger charge is -2.21. The molecule has 7 nitrogen and oxygen atoms in total. The number of hydrogen-bond acceptors (Lipinski definition) is 5. The molecule has 0 aliphatic carbocycles. The molecule has 0 radical (unpaired) electrons.